The lowest BCUT2D eigenvalue weighted by atomic mass is 10.1. The van der Waals surface area contributed by atoms with Crippen molar-refractivity contribution in [2.45, 2.75) is 19.4 Å². The summed E-state index contributed by atoms with van der Waals surface area (Å²) in [6.07, 6.45) is 1.05. The van der Waals surface area contributed by atoms with E-state index < -0.39 is 0 Å². The van der Waals surface area contributed by atoms with Crippen LogP contribution in [-0.2, 0) is 22.6 Å². The number of aromatic nitrogens is 2. The van der Waals surface area contributed by atoms with E-state index >= 15 is 0 Å². The van der Waals surface area contributed by atoms with Crippen LogP contribution >= 0.6 is 22.9 Å². The van der Waals surface area contributed by atoms with E-state index in [1.807, 2.05) is 24.3 Å². The Morgan fingerprint density at radius 3 is 2.80 bits per heavy atom. The lowest BCUT2D eigenvalue weighted by molar-refractivity contribution is -0.116. The summed E-state index contributed by atoms with van der Waals surface area (Å²) < 4.78 is 4.95. The first-order valence-corrected chi connectivity index (χ1v) is 7.22. The van der Waals surface area contributed by atoms with Crippen LogP contribution in [0.25, 0.3) is 0 Å². The van der Waals surface area contributed by atoms with E-state index in [1.165, 1.54) is 11.3 Å². The number of rotatable bonds is 6. The normalized spacial score (nSPS) is 10.5. The summed E-state index contributed by atoms with van der Waals surface area (Å²) in [5.74, 6) is -0.0833. The van der Waals surface area contributed by atoms with Gasteiger partial charge in [-0.05, 0) is 24.1 Å². The van der Waals surface area contributed by atoms with Crippen LogP contribution < -0.4 is 5.32 Å². The molecule has 0 radical (unpaired) electrons. The number of methoxy groups -OCH3 is 1. The highest BCUT2D eigenvalue weighted by Gasteiger charge is 2.08. The molecule has 0 aliphatic heterocycles. The Balaban J connectivity index is 1.81. The molecule has 0 aliphatic carbocycles. The van der Waals surface area contributed by atoms with Crippen LogP contribution in [0.4, 0.5) is 5.13 Å². The standard InChI is InChI=1S/C13H14ClN3O2S/c1-19-8-12-16-17-13(20-12)15-11(18)7-4-9-2-5-10(14)6-3-9/h2-3,5-6H,4,7-8H2,1H3,(H,15,17,18). The molecule has 0 atom stereocenters. The number of aryl methyl sites for hydroxylation is 1. The Morgan fingerprint density at radius 1 is 1.35 bits per heavy atom. The van der Waals surface area contributed by atoms with Gasteiger partial charge in [-0.15, -0.1) is 10.2 Å². The highest BCUT2D eigenvalue weighted by molar-refractivity contribution is 7.15. The topological polar surface area (TPSA) is 64.1 Å². The van der Waals surface area contributed by atoms with E-state index in [2.05, 4.69) is 15.5 Å². The zero-order valence-corrected chi connectivity index (χ0v) is 12.5. The van der Waals surface area contributed by atoms with Crippen LogP contribution in [0.15, 0.2) is 24.3 Å². The van der Waals surface area contributed by atoms with Crippen molar-refractivity contribution in [2.24, 2.45) is 0 Å². The molecule has 5 nitrogen and oxygen atoms in total. The van der Waals surface area contributed by atoms with Crippen molar-refractivity contribution in [3.8, 4) is 0 Å². The quantitative estimate of drug-likeness (QED) is 0.891. The minimum Gasteiger partial charge on any atom is -0.377 e. The lowest BCUT2D eigenvalue weighted by Crippen LogP contribution is -2.12. The molecule has 0 bridgehead atoms. The van der Waals surface area contributed by atoms with Crippen LogP contribution in [0, 0.1) is 0 Å². The van der Waals surface area contributed by atoms with Gasteiger partial charge in [-0.25, -0.2) is 0 Å². The first kappa shape index (κ1) is 14.9. The molecule has 1 aromatic heterocycles. The number of hydrogen-bond donors (Lipinski definition) is 1. The van der Waals surface area contributed by atoms with Crippen LogP contribution in [0.5, 0.6) is 0 Å². The fourth-order valence-electron chi connectivity index (χ4n) is 1.58. The van der Waals surface area contributed by atoms with E-state index in [0.717, 1.165) is 10.6 Å². The van der Waals surface area contributed by atoms with Gasteiger partial charge in [0, 0.05) is 18.6 Å². The number of carbonyl (C=O) groups is 1. The number of ether oxygens (including phenoxy) is 1. The molecule has 0 unspecified atom stereocenters. The van der Waals surface area contributed by atoms with Crippen LogP contribution in [0.2, 0.25) is 5.02 Å². The summed E-state index contributed by atoms with van der Waals surface area (Å²) in [6, 6.07) is 7.46. The van der Waals surface area contributed by atoms with Crippen molar-refractivity contribution in [1.82, 2.24) is 10.2 Å². The first-order chi connectivity index (χ1) is 9.67. The van der Waals surface area contributed by atoms with E-state index in [9.17, 15) is 4.79 Å². The second-order valence-electron chi connectivity index (χ2n) is 4.11. The third-order valence-electron chi connectivity index (χ3n) is 2.54. The molecule has 1 heterocycles. The number of nitrogens with one attached hydrogen (secondary N) is 1. The molecule has 2 aromatic rings. The van der Waals surface area contributed by atoms with Crippen LogP contribution in [0.3, 0.4) is 0 Å². The van der Waals surface area contributed by atoms with Gasteiger partial charge >= 0.3 is 0 Å². The SMILES string of the molecule is COCc1nnc(NC(=O)CCc2ccc(Cl)cc2)s1. The Hall–Kier alpha value is -1.50. The largest absolute Gasteiger partial charge is 0.377 e. The molecule has 0 spiro atoms. The molecule has 0 saturated heterocycles. The summed E-state index contributed by atoms with van der Waals surface area (Å²) in [6.45, 7) is 0.401. The first-order valence-electron chi connectivity index (χ1n) is 6.03. The predicted octanol–water partition coefficient (Wildman–Crippen LogP) is 2.91. The molecule has 20 heavy (non-hydrogen) atoms. The van der Waals surface area contributed by atoms with Gasteiger partial charge in [-0.1, -0.05) is 35.1 Å². The Bertz CT molecular complexity index is 571. The molecular weight excluding hydrogens is 298 g/mol. The van der Waals surface area contributed by atoms with E-state index in [4.69, 9.17) is 16.3 Å². The van der Waals surface area contributed by atoms with E-state index in [-0.39, 0.29) is 5.91 Å². The van der Waals surface area contributed by atoms with Crippen LogP contribution in [-0.4, -0.2) is 23.2 Å². The highest BCUT2D eigenvalue weighted by atomic mass is 35.5. The van der Waals surface area contributed by atoms with Gasteiger partial charge in [0.1, 0.15) is 11.6 Å². The minimum atomic E-state index is -0.0833. The van der Waals surface area contributed by atoms with E-state index in [0.29, 0.717) is 29.6 Å². The second-order valence-corrected chi connectivity index (χ2v) is 5.61. The average Bonchev–Trinajstić information content (AvgIpc) is 2.86. The Labute approximate surface area is 125 Å². The molecule has 2 rings (SSSR count). The number of anilines is 1. The van der Waals surface area contributed by atoms with Crippen molar-refractivity contribution in [2.75, 3.05) is 12.4 Å². The highest BCUT2D eigenvalue weighted by Crippen LogP contribution is 2.16. The number of halogens is 1. The van der Waals surface area contributed by atoms with Gasteiger partial charge in [-0.2, -0.15) is 0 Å². The Kier molecular flexibility index (Phi) is 5.46. The zero-order chi connectivity index (χ0) is 14.4. The number of nitrogens with zero attached hydrogens (tertiary/aromatic N) is 2. The van der Waals surface area contributed by atoms with Crippen LogP contribution in [0.1, 0.15) is 17.0 Å². The van der Waals surface area contributed by atoms with Crippen molar-refractivity contribution in [3.63, 3.8) is 0 Å². The molecule has 1 aromatic carbocycles. The van der Waals surface area contributed by atoms with Gasteiger partial charge in [0.25, 0.3) is 0 Å². The summed E-state index contributed by atoms with van der Waals surface area (Å²) in [5, 5.41) is 12.4. The zero-order valence-electron chi connectivity index (χ0n) is 10.9. The maximum absolute atomic E-state index is 11.8. The molecule has 0 saturated carbocycles. The summed E-state index contributed by atoms with van der Waals surface area (Å²) in [7, 11) is 1.59. The fraction of sp³-hybridized carbons (Fsp3) is 0.308. The summed E-state index contributed by atoms with van der Waals surface area (Å²) in [5.41, 5.74) is 1.07. The number of amides is 1. The summed E-state index contributed by atoms with van der Waals surface area (Å²) >= 11 is 7.12. The van der Waals surface area contributed by atoms with Crippen molar-refractivity contribution in [3.05, 3.63) is 39.9 Å². The van der Waals surface area contributed by atoms with Crippen molar-refractivity contribution >= 4 is 34.0 Å². The third kappa shape index (κ3) is 4.56. The summed E-state index contributed by atoms with van der Waals surface area (Å²) in [4.78, 5) is 11.8. The number of hydrogen-bond acceptors (Lipinski definition) is 5. The third-order valence-corrected chi connectivity index (χ3v) is 3.60. The molecule has 1 N–H and O–H groups in total. The number of benzene rings is 1. The molecule has 7 heteroatoms. The molecular formula is C13H14ClN3O2S. The second kappa shape index (κ2) is 7.33. The van der Waals surface area contributed by atoms with Gasteiger partial charge in [0.2, 0.25) is 11.0 Å². The minimum absolute atomic E-state index is 0.0833. The molecule has 0 fully saturated rings. The van der Waals surface area contributed by atoms with Gasteiger partial charge in [0.15, 0.2) is 0 Å². The van der Waals surface area contributed by atoms with Crippen molar-refractivity contribution in [1.29, 1.82) is 0 Å². The van der Waals surface area contributed by atoms with Crippen molar-refractivity contribution < 1.29 is 9.53 Å². The molecule has 1 amide bonds. The van der Waals surface area contributed by atoms with Gasteiger partial charge in [-0.3, -0.25) is 4.79 Å². The van der Waals surface area contributed by atoms with Gasteiger partial charge in [0.05, 0.1) is 0 Å². The lowest BCUT2D eigenvalue weighted by Gasteiger charge is -2.02. The average molecular weight is 312 g/mol. The fourth-order valence-corrected chi connectivity index (χ4v) is 2.43. The Morgan fingerprint density at radius 2 is 2.10 bits per heavy atom. The maximum atomic E-state index is 11.8. The number of carbonyl (C=O) groups excluding carboxylic acids is 1. The molecule has 106 valence electrons. The molecule has 0 aliphatic rings. The van der Waals surface area contributed by atoms with Gasteiger partial charge < -0.3 is 10.1 Å². The maximum Gasteiger partial charge on any atom is 0.226 e. The monoisotopic (exact) mass is 311 g/mol. The van der Waals surface area contributed by atoms with E-state index in [1.54, 1.807) is 7.11 Å². The smallest absolute Gasteiger partial charge is 0.226 e. The predicted molar refractivity (Wildman–Crippen MR) is 79.0 cm³/mol.